The van der Waals surface area contributed by atoms with Gasteiger partial charge in [-0.3, -0.25) is 4.79 Å². The van der Waals surface area contributed by atoms with Gasteiger partial charge in [-0.25, -0.2) is 4.98 Å². The molecule has 110 valence electrons. The molecule has 5 nitrogen and oxygen atoms in total. The minimum atomic E-state index is -0.427. The van der Waals surface area contributed by atoms with Crippen LogP contribution < -0.4 is 11.1 Å². The summed E-state index contributed by atoms with van der Waals surface area (Å²) in [6.07, 6.45) is 3.55. The Morgan fingerprint density at radius 3 is 2.90 bits per heavy atom. The molecule has 1 atom stereocenters. The van der Waals surface area contributed by atoms with E-state index in [4.69, 9.17) is 5.73 Å². The number of halogens is 1. The van der Waals surface area contributed by atoms with Crippen LogP contribution in [0.15, 0.2) is 24.4 Å². The van der Waals surface area contributed by atoms with Crippen molar-refractivity contribution < 1.29 is 4.79 Å². The van der Waals surface area contributed by atoms with Crippen LogP contribution in [0, 0.1) is 6.92 Å². The van der Waals surface area contributed by atoms with Gasteiger partial charge in [0.05, 0.1) is 18.3 Å². The van der Waals surface area contributed by atoms with Gasteiger partial charge in [-0.1, -0.05) is 19.4 Å². The van der Waals surface area contributed by atoms with E-state index in [1.165, 1.54) is 0 Å². The average Bonchev–Trinajstić information content (AvgIpc) is 2.80. The number of aryl methyl sites for hydroxylation is 1. The summed E-state index contributed by atoms with van der Waals surface area (Å²) in [5.74, 6) is -0.115. The van der Waals surface area contributed by atoms with E-state index in [2.05, 4.69) is 10.3 Å². The van der Waals surface area contributed by atoms with Gasteiger partial charge in [0.2, 0.25) is 5.91 Å². The third kappa shape index (κ3) is 3.71. The number of amides is 1. The van der Waals surface area contributed by atoms with Gasteiger partial charge in [0.1, 0.15) is 5.65 Å². The van der Waals surface area contributed by atoms with Crippen molar-refractivity contribution in [2.75, 3.05) is 0 Å². The zero-order valence-corrected chi connectivity index (χ0v) is 12.6. The van der Waals surface area contributed by atoms with E-state index < -0.39 is 6.04 Å². The number of nitrogens with one attached hydrogen (secondary N) is 1. The first kappa shape index (κ1) is 16.5. The molecule has 0 aliphatic carbocycles. The third-order valence-electron chi connectivity index (χ3n) is 3.13. The van der Waals surface area contributed by atoms with E-state index in [0.29, 0.717) is 13.0 Å². The minimum absolute atomic E-state index is 0. The van der Waals surface area contributed by atoms with Crippen molar-refractivity contribution >= 4 is 24.0 Å². The molecule has 0 saturated carbocycles. The number of fused-ring (bicyclic) bond motifs is 1. The maximum atomic E-state index is 11.7. The lowest BCUT2D eigenvalue weighted by Gasteiger charge is -2.09. The summed E-state index contributed by atoms with van der Waals surface area (Å²) < 4.78 is 2.01. The zero-order chi connectivity index (χ0) is 13.8. The molecule has 1 unspecified atom stereocenters. The summed E-state index contributed by atoms with van der Waals surface area (Å²) in [5.41, 5.74) is 8.60. The standard InChI is InChI=1S/C14H20N4O.ClH/c1-3-5-12(15)14(19)16-8-11-9-18-10(2)6-4-7-13(18)17-11;/h4,6-7,9,12H,3,5,8,15H2,1-2H3,(H,16,19);1H. The number of nitrogens with zero attached hydrogens (tertiary/aromatic N) is 2. The van der Waals surface area contributed by atoms with Crippen molar-refractivity contribution in [3.63, 3.8) is 0 Å². The predicted molar refractivity (Wildman–Crippen MR) is 81.9 cm³/mol. The van der Waals surface area contributed by atoms with Crippen LogP contribution in [0.4, 0.5) is 0 Å². The molecular formula is C14H21ClN4O. The first-order chi connectivity index (χ1) is 9.11. The Morgan fingerprint density at radius 1 is 1.50 bits per heavy atom. The van der Waals surface area contributed by atoms with E-state index in [9.17, 15) is 4.79 Å². The van der Waals surface area contributed by atoms with E-state index in [0.717, 1.165) is 23.5 Å². The fourth-order valence-corrected chi connectivity index (χ4v) is 2.03. The Bertz CT molecular complexity index is 582. The maximum absolute atomic E-state index is 11.7. The highest BCUT2D eigenvalue weighted by Crippen LogP contribution is 2.08. The molecule has 0 radical (unpaired) electrons. The topological polar surface area (TPSA) is 72.4 Å². The van der Waals surface area contributed by atoms with Gasteiger partial charge < -0.3 is 15.5 Å². The Balaban J connectivity index is 0.00000200. The molecule has 0 bridgehead atoms. The molecule has 0 saturated heterocycles. The SMILES string of the molecule is CCCC(N)C(=O)NCc1cn2c(C)cccc2n1.Cl. The normalized spacial score (nSPS) is 11.9. The Labute approximate surface area is 125 Å². The smallest absolute Gasteiger partial charge is 0.237 e. The Hall–Kier alpha value is -1.59. The quantitative estimate of drug-likeness (QED) is 0.884. The Morgan fingerprint density at radius 2 is 2.25 bits per heavy atom. The highest BCUT2D eigenvalue weighted by Gasteiger charge is 2.12. The average molecular weight is 297 g/mol. The monoisotopic (exact) mass is 296 g/mol. The van der Waals surface area contributed by atoms with Gasteiger partial charge in [-0.15, -0.1) is 12.4 Å². The van der Waals surface area contributed by atoms with Gasteiger partial charge in [-0.05, 0) is 25.5 Å². The first-order valence-corrected chi connectivity index (χ1v) is 6.58. The Kier molecular flexibility index (Phi) is 5.98. The largest absolute Gasteiger partial charge is 0.349 e. The van der Waals surface area contributed by atoms with Gasteiger partial charge in [0.25, 0.3) is 0 Å². The fraction of sp³-hybridized carbons (Fsp3) is 0.429. The molecule has 0 spiro atoms. The van der Waals surface area contributed by atoms with Crippen molar-refractivity contribution in [2.45, 2.75) is 39.3 Å². The van der Waals surface area contributed by atoms with E-state index in [-0.39, 0.29) is 18.3 Å². The number of hydrogen-bond donors (Lipinski definition) is 2. The summed E-state index contributed by atoms with van der Waals surface area (Å²) in [6.45, 7) is 4.45. The van der Waals surface area contributed by atoms with Crippen molar-refractivity contribution in [3.8, 4) is 0 Å². The molecule has 2 aromatic heterocycles. The highest BCUT2D eigenvalue weighted by atomic mass is 35.5. The lowest BCUT2D eigenvalue weighted by Crippen LogP contribution is -2.40. The lowest BCUT2D eigenvalue weighted by molar-refractivity contribution is -0.122. The number of imidazole rings is 1. The van der Waals surface area contributed by atoms with Crippen LogP contribution in [0.1, 0.15) is 31.2 Å². The van der Waals surface area contributed by atoms with Gasteiger partial charge in [0.15, 0.2) is 0 Å². The molecule has 2 heterocycles. The van der Waals surface area contributed by atoms with Crippen molar-refractivity contribution in [1.82, 2.24) is 14.7 Å². The second-order valence-corrected chi connectivity index (χ2v) is 4.74. The zero-order valence-electron chi connectivity index (χ0n) is 11.8. The van der Waals surface area contributed by atoms with E-state index in [1.807, 2.05) is 42.6 Å². The molecule has 2 aromatic rings. The van der Waals surface area contributed by atoms with Crippen LogP contribution in [0.25, 0.3) is 5.65 Å². The summed E-state index contributed by atoms with van der Waals surface area (Å²) in [6, 6.07) is 5.51. The molecule has 6 heteroatoms. The van der Waals surface area contributed by atoms with Crippen molar-refractivity contribution in [2.24, 2.45) is 5.73 Å². The molecule has 0 aliphatic heterocycles. The molecule has 0 aliphatic rings. The molecule has 0 fully saturated rings. The van der Waals surface area contributed by atoms with Crippen molar-refractivity contribution in [1.29, 1.82) is 0 Å². The first-order valence-electron chi connectivity index (χ1n) is 6.58. The third-order valence-corrected chi connectivity index (χ3v) is 3.13. The van der Waals surface area contributed by atoms with Crippen LogP contribution in [0.2, 0.25) is 0 Å². The van der Waals surface area contributed by atoms with Crippen LogP contribution in [0.3, 0.4) is 0 Å². The molecule has 3 N–H and O–H groups in total. The number of pyridine rings is 1. The molecule has 0 aromatic carbocycles. The number of carbonyl (C=O) groups excluding carboxylic acids is 1. The number of aromatic nitrogens is 2. The number of nitrogens with two attached hydrogens (primary N) is 1. The van der Waals surface area contributed by atoms with Gasteiger partial charge in [-0.2, -0.15) is 0 Å². The van der Waals surface area contributed by atoms with Crippen LogP contribution in [-0.2, 0) is 11.3 Å². The van der Waals surface area contributed by atoms with Crippen LogP contribution in [0.5, 0.6) is 0 Å². The van der Waals surface area contributed by atoms with Crippen LogP contribution >= 0.6 is 12.4 Å². The summed E-state index contributed by atoms with van der Waals surface area (Å²) in [7, 11) is 0. The van der Waals surface area contributed by atoms with E-state index >= 15 is 0 Å². The molecule has 2 rings (SSSR count). The summed E-state index contributed by atoms with van der Waals surface area (Å²) >= 11 is 0. The minimum Gasteiger partial charge on any atom is -0.349 e. The summed E-state index contributed by atoms with van der Waals surface area (Å²) in [5, 5.41) is 2.82. The fourth-order valence-electron chi connectivity index (χ4n) is 2.03. The number of hydrogen-bond acceptors (Lipinski definition) is 3. The number of carbonyl (C=O) groups is 1. The second-order valence-electron chi connectivity index (χ2n) is 4.74. The van der Waals surface area contributed by atoms with Crippen LogP contribution in [-0.4, -0.2) is 21.3 Å². The van der Waals surface area contributed by atoms with Crippen molar-refractivity contribution in [3.05, 3.63) is 35.8 Å². The maximum Gasteiger partial charge on any atom is 0.237 e. The molecular weight excluding hydrogens is 276 g/mol. The van der Waals surface area contributed by atoms with Gasteiger partial charge in [0, 0.05) is 11.9 Å². The molecule has 20 heavy (non-hydrogen) atoms. The van der Waals surface area contributed by atoms with Gasteiger partial charge >= 0.3 is 0 Å². The predicted octanol–water partition coefficient (Wildman–Crippen LogP) is 1.81. The number of rotatable bonds is 5. The second kappa shape index (κ2) is 7.26. The highest BCUT2D eigenvalue weighted by molar-refractivity contribution is 5.85. The van der Waals surface area contributed by atoms with E-state index in [1.54, 1.807) is 0 Å². The molecule has 1 amide bonds. The lowest BCUT2D eigenvalue weighted by atomic mass is 10.2. The summed E-state index contributed by atoms with van der Waals surface area (Å²) in [4.78, 5) is 16.2.